The van der Waals surface area contributed by atoms with Crippen LogP contribution in [0.15, 0.2) is 54.7 Å². The molecule has 7 nitrogen and oxygen atoms in total. The molecule has 0 unspecified atom stereocenters. The van der Waals surface area contributed by atoms with Crippen LogP contribution in [0.3, 0.4) is 0 Å². The number of aromatic amines is 1. The number of hydrogen-bond donors (Lipinski definition) is 3. The van der Waals surface area contributed by atoms with Crippen molar-refractivity contribution in [3.05, 3.63) is 71.5 Å². The van der Waals surface area contributed by atoms with Gasteiger partial charge in [0.2, 0.25) is 0 Å². The summed E-state index contributed by atoms with van der Waals surface area (Å²) >= 11 is 0. The monoisotopic (exact) mass is 462 g/mol. The van der Waals surface area contributed by atoms with Crippen molar-refractivity contribution in [2.45, 2.75) is 38.8 Å². The van der Waals surface area contributed by atoms with Gasteiger partial charge in [-0.05, 0) is 74.7 Å². The van der Waals surface area contributed by atoms with Gasteiger partial charge in [0.1, 0.15) is 11.5 Å². The molecule has 0 bridgehead atoms. The van der Waals surface area contributed by atoms with Crippen LogP contribution in [-0.4, -0.2) is 50.3 Å². The Hall–Kier alpha value is -3.45. The molecular formula is C27H34N4O3. The zero-order chi connectivity index (χ0) is 24.1. The number of benzene rings is 2. The highest BCUT2D eigenvalue weighted by atomic mass is 16.5. The van der Waals surface area contributed by atoms with E-state index in [2.05, 4.69) is 34.4 Å². The summed E-state index contributed by atoms with van der Waals surface area (Å²) in [6.45, 7) is 6.32. The van der Waals surface area contributed by atoms with Crippen LogP contribution in [0, 0.1) is 0 Å². The molecule has 2 atom stereocenters. The number of amides is 1. The van der Waals surface area contributed by atoms with Crippen molar-refractivity contribution in [2.75, 3.05) is 37.5 Å². The lowest BCUT2D eigenvalue weighted by Gasteiger charge is -2.37. The third-order valence-electron chi connectivity index (χ3n) is 6.15. The summed E-state index contributed by atoms with van der Waals surface area (Å²) in [5.41, 5.74) is 4.73. The fraction of sp³-hybridized carbons (Fsp3) is 0.370. The summed E-state index contributed by atoms with van der Waals surface area (Å²) in [7, 11) is 3.30. The van der Waals surface area contributed by atoms with E-state index < -0.39 is 0 Å². The third-order valence-corrected chi connectivity index (χ3v) is 6.15. The summed E-state index contributed by atoms with van der Waals surface area (Å²) in [4.78, 5) is 18.4. The molecule has 34 heavy (non-hydrogen) atoms. The molecule has 4 rings (SSSR count). The largest absolute Gasteiger partial charge is 0.497 e. The molecule has 1 aliphatic heterocycles. The number of anilines is 2. The molecular weight excluding hydrogens is 428 g/mol. The maximum atomic E-state index is 12.8. The Bertz CT molecular complexity index is 1080. The Labute approximate surface area is 201 Å². The lowest BCUT2D eigenvalue weighted by molar-refractivity contribution is 0.102. The van der Waals surface area contributed by atoms with E-state index >= 15 is 0 Å². The number of aryl methyl sites for hydroxylation is 2. The van der Waals surface area contributed by atoms with E-state index in [4.69, 9.17) is 9.47 Å². The van der Waals surface area contributed by atoms with Gasteiger partial charge in [-0.25, -0.2) is 0 Å². The van der Waals surface area contributed by atoms with Crippen LogP contribution in [0.4, 0.5) is 11.4 Å². The second-order valence-corrected chi connectivity index (χ2v) is 9.01. The van der Waals surface area contributed by atoms with Crippen molar-refractivity contribution in [1.29, 1.82) is 0 Å². The summed E-state index contributed by atoms with van der Waals surface area (Å²) < 4.78 is 10.7. The molecule has 3 N–H and O–H groups in total. The number of hydrogen-bond acceptors (Lipinski definition) is 5. The van der Waals surface area contributed by atoms with Gasteiger partial charge in [-0.3, -0.25) is 4.79 Å². The molecule has 1 aliphatic rings. The van der Waals surface area contributed by atoms with Gasteiger partial charge in [0.05, 0.1) is 19.9 Å². The average molecular weight is 463 g/mol. The number of aromatic nitrogens is 1. The maximum Gasteiger partial charge on any atom is 0.255 e. The van der Waals surface area contributed by atoms with Gasteiger partial charge in [0.25, 0.3) is 5.91 Å². The van der Waals surface area contributed by atoms with E-state index in [0.29, 0.717) is 17.6 Å². The van der Waals surface area contributed by atoms with Crippen molar-refractivity contribution in [1.82, 2.24) is 10.3 Å². The minimum absolute atomic E-state index is 0.114. The summed E-state index contributed by atoms with van der Waals surface area (Å²) in [5, 5.41) is 6.54. The summed E-state index contributed by atoms with van der Waals surface area (Å²) in [5.74, 6) is 1.44. The highest BCUT2D eigenvalue weighted by Gasteiger charge is 2.21. The van der Waals surface area contributed by atoms with Gasteiger partial charge in [0.15, 0.2) is 0 Å². The minimum Gasteiger partial charge on any atom is -0.497 e. The van der Waals surface area contributed by atoms with Gasteiger partial charge in [0, 0.05) is 54.4 Å². The minimum atomic E-state index is -0.114. The van der Waals surface area contributed by atoms with Crippen LogP contribution >= 0.6 is 0 Å². The number of rotatable bonds is 8. The lowest BCUT2D eigenvalue weighted by Crippen LogP contribution is -2.54. The molecule has 180 valence electrons. The first kappa shape index (κ1) is 23.7. The topological polar surface area (TPSA) is 78.6 Å². The van der Waals surface area contributed by atoms with Crippen molar-refractivity contribution < 1.29 is 14.3 Å². The van der Waals surface area contributed by atoms with Crippen LogP contribution in [0.25, 0.3) is 0 Å². The third kappa shape index (κ3) is 5.91. The normalized spacial score (nSPS) is 17.9. The number of nitrogens with one attached hydrogen (secondary N) is 3. The van der Waals surface area contributed by atoms with Crippen LogP contribution in [-0.2, 0) is 12.8 Å². The van der Waals surface area contributed by atoms with E-state index in [-0.39, 0.29) is 5.91 Å². The second kappa shape index (κ2) is 10.7. The lowest BCUT2D eigenvalue weighted by atomic mass is 10.1. The van der Waals surface area contributed by atoms with Crippen molar-refractivity contribution in [3.63, 3.8) is 0 Å². The first-order chi connectivity index (χ1) is 16.4. The van der Waals surface area contributed by atoms with Gasteiger partial charge >= 0.3 is 0 Å². The van der Waals surface area contributed by atoms with Crippen molar-refractivity contribution in [3.8, 4) is 11.5 Å². The molecule has 1 saturated heterocycles. The van der Waals surface area contributed by atoms with Crippen LogP contribution < -0.4 is 25.0 Å². The number of piperazine rings is 1. The van der Waals surface area contributed by atoms with E-state index in [0.717, 1.165) is 60.1 Å². The van der Waals surface area contributed by atoms with Crippen molar-refractivity contribution in [2.24, 2.45) is 0 Å². The first-order valence-electron chi connectivity index (χ1n) is 11.7. The Morgan fingerprint density at radius 3 is 2.24 bits per heavy atom. The van der Waals surface area contributed by atoms with Gasteiger partial charge < -0.3 is 30.0 Å². The molecule has 0 saturated carbocycles. The summed E-state index contributed by atoms with van der Waals surface area (Å²) in [6.07, 6.45) is 3.46. The smallest absolute Gasteiger partial charge is 0.255 e. The molecule has 1 fully saturated rings. The quantitative estimate of drug-likeness (QED) is 0.466. The Morgan fingerprint density at radius 2 is 1.62 bits per heavy atom. The van der Waals surface area contributed by atoms with E-state index in [1.165, 1.54) is 0 Å². The molecule has 2 heterocycles. The zero-order valence-corrected chi connectivity index (χ0v) is 20.4. The average Bonchev–Trinajstić information content (AvgIpc) is 3.29. The molecule has 1 amide bonds. The Morgan fingerprint density at radius 1 is 0.971 bits per heavy atom. The predicted molar refractivity (Wildman–Crippen MR) is 136 cm³/mol. The molecule has 0 spiro atoms. The second-order valence-electron chi connectivity index (χ2n) is 9.01. The standard InChI is InChI=1S/C27H34N4O3/c1-18-16-31(17-19(2)29-18)24-9-6-21(7-10-24)27(32)30-23-13-22(28-15-23)8-5-20-11-25(33-3)14-26(12-20)34-4/h6-7,9-15,18-19,28-29H,5,8,16-17H2,1-4H3,(H,30,32)/t18-,19+. The van der Waals surface area contributed by atoms with Crippen molar-refractivity contribution >= 4 is 17.3 Å². The van der Waals surface area contributed by atoms with Crippen LogP contribution in [0.1, 0.15) is 35.5 Å². The van der Waals surface area contributed by atoms with E-state index in [1.54, 1.807) is 14.2 Å². The van der Waals surface area contributed by atoms with E-state index in [1.807, 2.05) is 54.7 Å². The SMILES string of the molecule is COc1cc(CCc2cc(NC(=O)c3ccc(N4C[C@@H](C)N[C@@H](C)C4)cc3)c[nH]2)cc(OC)c1. The highest BCUT2D eigenvalue weighted by Crippen LogP contribution is 2.24. The summed E-state index contributed by atoms with van der Waals surface area (Å²) in [6, 6.07) is 16.6. The first-order valence-corrected chi connectivity index (χ1v) is 11.7. The maximum absolute atomic E-state index is 12.8. The number of carbonyl (C=O) groups is 1. The Kier molecular flexibility index (Phi) is 7.43. The molecule has 2 aromatic carbocycles. The predicted octanol–water partition coefficient (Wildman–Crippen LogP) is 4.26. The highest BCUT2D eigenvalue weighted by molar-refractivity contribution is 6.04. The Balaban J connectivity index is 1.33. The van der Waals surface area contributed by atoms with E-state index in [9.17, 15) is 4.79 Å². The fourth-order valence-corrected chi connectivity index (χ4v) is 4.51. The number of ether oxygens (including phenoxy) is 2. The number of H-pyrrole nitrogens is 1. The van der Waals surface area contributed by atoms with Gasteiger partial charge in [-0.15, -0.1) is 0 Å². The van der Waals surface area contributed by atoms with Crippen LogP contribution in [0.5, 0.6) is 11.5 Å². The zero-order valence-electron chi connectivity index (χ0n) is 20.4. The molecule has 7 heteroatoms. The number of carbonyl (C=O) groups excluding carboxylic acids is 1. The molecule has 0 radical (unpaired) electrons. The van der Waals surface area contributed by atoms with Gasteiger partial charge in [-0.2, -0.15) is 0 Å². The van der Waals surface area contributed by atoms with Gasteiger partial charge in [-0.1, -0.05) is 0 Å². The molecule has 1 aromatic heterocycles. The fourth-order valence-electron chi connectivity index (χ4n) is 4.51. The number of methoxy groups -OCH3 is 2. The van der Waals surface area contributed by atoms with Crippen LogP contribution in [0.2, 0.25) is 0 Å². The number of nitrogens with zero attached hydrogens (tertiary/aromatic N) is 1. The molecule has 0 aliphatic carbocycles. The molecule has 3 aromatic rings.